The number of thiophene rings is 1. The topological polar surface area (TPSA) is 59.3 Å². The fourth-order valence-electron chi connectivity index (χ4n) is 4.06. The van der Waals surface area contributed by atoms with E-state index in [4.69, 9.17) is 0 Å². The Kier molecular flexibility index (Phi) is 5.69. The molecule has 1 aromatic carbocycles. The highest BCUT2D eigenvalue weighted by Gasteiger charge is 2.27. The maximum Gasteiger partial charge on any atom is 0.295 e. The zero-order valence-corrected chi connectivity index (χ0v) is 17.6. The van der Waals surface area contributed by atoms with Crippen LogP contribution in [-0.2, 0) is 11.8 Å². The van der Waals surface area contributed by atoms with Gasteiger partial charge in [0.15, 0.2) is 0 Å². The maximum atomic E-state index is 12.9. The van der Waals surface area contributed by atoms with Gasteiger partial charge in [0.1, 0.15) is 5.69 Å². The normalized spacial score (nSPS) is 17.0. The van der Waals surface area contributed by atoms with Crippen molar-refractivity contribution in [3.05, 3.63) is 68.8 Å². The van der Waals surface area contributed by atoms with E-state index in [1.165, 1.54) is 4.88 Å². The first kappa shape index (κ1) is 19.7. The number of hydrogen-bond donors (Lipinski definition) is 1. The highest BCUT2D eigenvalue weighted by atomic mass is 32.1. The van der Waals surface area contributed by atoms with E-state index in [0.717, 1.165) is 30.8 Å². The van der Waals surface area contributed by atoms with E-state index < -0.39 is 0 Å². The number of amides is 1. The molecule has 0 aliphatic carbocycles. The van der Waals surface area contributed by atoms with Crippen molar-refractivity contribution in [3.8, 4) is 5.69 Å². The van der Waals surface area contributed by atoms with Crippen LogP contribution in [-0.4, -0.2) is 33.3 Å². The minimum absolute atomic E-state index is 0.118. The molecule has 1 aliphatic rings. The summed E-state index contributed by atoms with van der Waals surface area (Å²) in [7, 11) is 1.83. The Morgan fingerprint density at radius 2 is 2.00 bits per heavy atom. The molecular weight excluding hydrogens is 384 g/mol. The lowest BCUT2D eigenvalue weighted by Crippen LogP contribution is -2.28. The molecule has 4 rings (SSSR count). The van der Waals surface area contributed by atoms with E-state index >= 15 is 0 Å². The number of benzene rings is 1. The Morgan fingerprint density at radius 3 is 2.72 bits per heavy atom. The maximum absolute atomic E-state index is 12.9. The second kappa shape index (κ2) is 8.39. The molecule has 3 heterocycles. The van der Waals surface area contributed by atoms with Gasteiger partial charge in [0.2, 0.25) is 5.91 Å². The zero-order valence-electron chi connectivity index (χ0n) is 16.8. The van der Waals surface area contributed by atoms with Crippen LogP contribution in [0.3, 0.4) is 0 Å². The van der Waals surface area contributed by atoms with Gasteiger partial charge in [-0.2, -0.15) is 0 Å². The lowest BCUT2D eigenvalue weighted by Gasteiger charge is -2.23. The average Bonchev–Trinajstić information content (AvgIpc) is 3.45. The number of carbonyl (C=O) groups excluding carboxylic acids is 1. The van der Waals surface area contributed by atoms with Crippen molar-refractivity contribution in [2.24, 2.45) is 7.05 Å². The van der Waals surface area contributed by atoms with E-state index in [1.54, 1.807) is 20.7 Å². The average molecular weight is 411 g/mol. The standard InChI is InChI=1S/C22H26N4O2S/c1-16-21(22(28)26(24(16)2)17-8-4-3-5-9-17)23-20(27)12-14-25-13-6-10-18(25)19-11-7-15-29-19/h3-5,7-9,11,15,18H,6,10,12-14H2,1-2H3,(H,23,27). The third-order valence-electron chi connectivity index (χ3n) is 5.68. The van der Waals surface area contributed by atoms with Gasteiger partial charge in [0.25, 0.3) is 5.56 Å². The van der Waals surface area contributed by atoms with Crippen molar-refractivity contribution in [2.75, 3.05) is 18.4 Å². The van der Waals surface area contributed by atoms with Gasteiger partial charge in [-0.25, -0.2) is 4.68 Å². The Bertz CT molecular complexity index is 1040. The largest absolute Gasteiger partial charge is 0.320 e. The van der Waals surface area contributed by atoms with Crippen molar-refractivity contribution in [3.63, 3.8) is 0 Å². The lowest BCUT2D eigenvalue weighted by atomic mass is 10.2. The Balaban J connectivity index is 1.45. The van der Waals surface area contributed by atoms with Crippen LogP contribution in [0.1, 0.15) is 35.9 Å². The Morgan fingerprint density at radius 1 is 1.21 bits per heavy atom. The first-order valence-electron chi connectivity index (χ1n) is 9.97. The number of carbonyl (C=O) groups is 1. The van der Waals surface area contributed by atoms with E-state index in [0.29, 0.717) is 24.7 Å². The van der Waals surface area contributed by atoms with Crippen LogP contribution in [0.4, 0.5) is 5.69 Å². The summed E-state index contributed by atoms with van der Waals surface area (Å²) in [5.41, 5.74) is 1.67. The molecule has 0 spiro atoms. The molecule has 1 unspecified atom stereocenters. The van der Waals surface area contributed by atoms with Gasteiger partial charge in [0, 0.05) is 30.9 Å². The second-order valence-corrected chi connectivity index (χ2v) is 8.42. The number of nitrogens with zero attached hydrogens (tertiary/aromatic N) is 3. The summed E-state index contributed by atoms with van der Waals surface area (Å²) < 4.78 is 3.36. The molecule has 3 aromatic rings. The minimum atomic E-state index is -0.206. The van der Waals surface area contributed by atoms with Crippen molar-refractivity contribution in [2.45, 2.75) is 32.2 Å². The third kappa shape index (κ3) is 3.93. The molecule has 1 N–H and O–H groups in total. The number of para-hydroxylation sites is 1. The molecule has 1 amide bonds. The first-order valence-corrected chi connectivity index (χ1v) is 10.9. The molecule has 0 saturated carbocycles. The van der Waals surface area contributed by atoms with Crippen LogP contribution >= 0.6 is 11.3 Å². The summed E-state index contributed by atoms with van der Waals surface area (Å²) in [6, 6.07) is 14.1. The zero-order chi connectivity index (χ0) is 20.4. The number of rotatable bonds is 6. The molecular formula is C22H26N4O2S. The van der Waals surface area contributed by atoms with Crippen molar-refractivity contribution >= 4 is 22.9 Å². The molecule has 29 heavy (non-hydrogen) atoms. The molecule has 6 nitrogen and oxygen atoms in total. The highest BCUT2D eigenvalue weighted by Crippen LogP contribution is 2.34. The van der Waals surface area contributed by atoms with Crippen LogP contribution in [0.2, 0.25) is 0 Å². The van der Waals surface area contributed by atoms with Gasteiger partial charge in [-0.15, -0.1) is 11.3 Å². The van der Waals surface area contributed by atoms with Gasteiger partial charge in [0.05, 0.1) is 11.4 Å². The summed E-state index contributed by atoms with van der Waals surface area (Å²) in [4.78, 5) is 29.3. The van der Waals surface area contributed by atoms with Gasteiger partial charge in [-0.05, 0) is 49.9 Å². The van der Waals surface area contributed by atoms with Gasteiger partial charge in [-0.1, -0.05) is 24.3 Å². The molecule has 0 radical (unpaired) electrons. The lowest BCUT2D eigenvalue weighted by molar-refractivity contribution is -0.116. The summed E-state index contributed by atoms with van der Waals surface area (Å²) in [6.07, 6.45) is 2.67. The minimum Gasteiger partial charge on any atom is -0.320 e. The van der Waals surface area contributed by atoms with Crippen molar-refractivity contribution in [1.82, 2.24) is 14.3 Å². The van der Waals surface area contributed by atoms with Crippen LogP contribution in [0.25, 0.3) is 5.69 Å². The van der Waals surface area contributed by atoms with E-state index in [1.807, 2.05) is 44.3 Å². The van der Waals surface area contributed by atoms with E-state index in [-0.39, 0.29) is 11.5 Å². The summed E-state index contributed by atoms with van der Waals surface area (Å²) in [6.45, 7) is 3.57. The van der Waals surface area contributed by atoms with Gasteiger partial charge < -0.3 is 5.32 Å². The Labute approximate surface area is 174 Å². The van der Waals surface area contributed by atoms with Crippen LogP contribution < -0.4 is 10.9 Å². The van der Waals surface area contributed by atoms with Gasteiger partial charge >= 0.3 is 0 Å². The van der Waals surface area contributed by atoms with Crippen LogP contribution in [0, 0.1) is 6.92 Å². The third-order valence-corrected chi connectivity index (χ3v) is 6.65. The number of nitrogens with one attached hydrogen (secondary N) is 1. The second-order valence-electron chi connectivity index (χ2n) is 7.44. The molecule has 1 fully saturated rings. The molecule has 2 aromatic heterocycles. The number of aromatic nitrogens is 2. The fraction of sp³-hybridized carbons (Fsp3) is 0.364. The summed E-state index contributed by atoms with van der Waals surface area (Å²) >= 11 is 1.78. The molecule has 1 atom stereocenters. The molecule has 1 saturated heterocycles. The highest BCUT2D eigenvalue weighted by molar-refractivity contribution is 7.10. The van der Waals surface area contributed by atoms with E-state index in [9.17, 15) is 9.59 Å². The number of likely N-dealkylation sites (tertiary alicyclic amines) is 1. The van der Waals surface area contributed by atoms with Crippen molar-refractivity contribution < 1.29 is 4.79 Å². The predicted molar refractivity (Wildman–Crippen MR) is 117 cm³/mol. The summed E-state index contributed by atoms with van der Waals surface area (Å²) in [5.74, 6) is -0.118. The Hall–Kier alpha value is -2.64. The monoisotopic (exact) mass is 410 g/mol. The molecule has 7 heteroatoms. The van der Waals surface area contributed by atoms with Crippen molar-refractivity contribution in [1.29, 1.82) is 0 Å². The number of anilines is 1. The van der Waals surface area contributed by atoms with Crippen LogP contribution in [0.5, 0.6) is 0 Å². The fourth-order valence-corrected chi connectivity index (χ4v) is 4.95. The first-order chi connectivity index (χ1) is 14.1. The van der Waals surface area contributed by atoms with Gasteiger partial charge in [-0.3, -0.25) is 19.2 Å². The number of hydrogen-bond acceptors (Lipinski definition) is 4. The summed E-state index contributed by atoms with van der Waals surface area (Å²) in [5, 5.41) is 4.97. The van der Waals surface area contributed by atoms with Crippen LogP contribution in [0.15, 0.2) is 52.6 Å². The molecule has 1 aliphatic heterocycles. The SMILES string of the molecule is Cc1c(NC(=O)CCN2CCCC2c2cccs2)c(=O)n(-c2ccccc2)n1C. The quantitative estimate of drug-likeness (QED) is 0.674. The molecule has 0 bridgehead atoms. The predicted octanol–water partition coefficient (Wildman–Crippen LogP) is 3.71. The van der Waals surface area contributed by atoms with E-state index in [2.05, 4.69) is 27.7 Å². The smallest absolute Gasteiger partial charge is 0.295 e. The molecule has 152 valence electrons.